The number of ether oxygens (including phenoxy) is 1. The number of methoxy groups -OCH3 is 1. The fraction of sp³-hybridized carbons (Fsp3) is 0.500. The topological polar surface area (TPSA) is 84.7 Å². The van der Waals surface area contributed by atoms with E-state index in [0.29, 0.717) is 32.5 Å². The summed E-state index contributed by atoms with van der Waals surface area (Å²) in [7, 11) is 1.64. The van der Waals surface area contributed by atoms with Gasteiger partial charge in [0.15, 0.2) is 0 Å². The van der Waals surface area contributed by atoms with Gasteiger partial charge in [0.1, 0.15) is 5.75 Å². The number of amides is 3. The summed E-state index contributed by atoms with van der Waals surface area (Å²) in [6.45, 7) is 1.74. The van der Waals surface area contributed by atoms with Crippen molar-refractivity contribution in [1.29, 1.82) is 0 Å². The molecule has 1 aliphatic heterocycles. The van der Waals surface area contributed by atoms with Gasteiger partial charge in [0, 0.05) is 25.6 Å². The van der Waals surface area contributed by atoms with Crippen LogP contribution < -0.4 is 15.8 Å². The number of piperidine rings is 1. The first-order valence-corrected chi connectivity index (χ1v) is 7.55. The van der Waals surface area contributed by atoms with Gasteiger partial charge in [-0.05, 0) is 37.0 Å². The molecular weight excluding hydrogens is 282 g/mol. The van der Waals surface area contributed by atoms with Crippen LogP contribution in [0, 0.1) is 5.92 Å². The van der Waals surface area contributed by atoms with E-state index in [2.05, 4.69) is 5.32 Å². The summed E-state index contributed by atoms with van der Waals surface area (Å²) >= 11 is 0. The highest BCUT2D eigenvalue weighted by Gasteiger charge is 2.25. The van der Waals surface area contributed by atoms with Crippen molar-refractivity contribution < 1.29 is 14.3 Å². The second-order valence-electron chi connectivity index (χ2n) is 5.50. The maximum absolute atomic E-state index is 12.1. The highest BCUT2D eigenvalue weighted by Crippen LogP contribution is 2.16. The molecule has 0 saturated carbocycles. The van der Waals surface area contributed by atoms with Crippen molar-refractivity contribution in [3.63, 3.8) is 0 Å². The second kappa shape index (κ2) is 7.68. The van der Waals surface area contributed by atoms with Crippen LogP contribution in [0.15, 0.2) is 24.3 Å². The van der Waals surface area contributed by atoms with Crippen molar-refractivity contribution in [3.8, 4) is 5.75 Å². The minimum absolute atomic E-state index is 0.0779. The molecule has 3 amide bonds. The molecule has 120 valence electrons. The van der Waals surface area contributed by atoms with Gasteiger partial charge < -0.3 is 20.7 Å². The van der Waals surface area contributed by atoms with Gasteiger partial charge in [-0.3, -0.25) is 4.79 Å². The van der Waals surface area contributed by atoms with Gasteiger partial charge in [-0.15, -0.1) is 0 Å². The fourth-order valence-electron chi connectivity index (χ4n) is 2.62. The molecule has 1 fully saturated rings. The lowest BCUT2D eigenvalue weighted by Gasteiger charge is -2.30. The predicted octanol–water partition coefficient (Wildman–Crippen LogP) is 1.14. The molecule has 0 aromatic heterocycles. The van der Waals surface area contributed by atoms with E-state index >= 15 is 0 Å². The highest BCUT2D eigenvalue weighted by molar-refractivity contribution is 5.78. The molecule has 0 spiro atoms. The summed E-state index contributed by atoms with van der Waals surface area (Å²) in [5.41, 5.74) is 6.41. The van der Waals surface area contributed by atoms with Crippen molar-refractivity contribution in [3.05, 3.63) is 29.8 Å². The van der Waals surface area contributed by atoms with Crippen LogP contribution in [0.3, 0.4) is 0 Å². The van der Waals surface area contributed by atoms with Crippen molar-refractivity contribution in [1.82, 2.24) is 10.2 Å². The molecule has 22 heavy (non-hydrogen) atoms. The third-order valence-corrected chi connectivity index (χ3v) is 4.01. The SMILES string of the molecule is COc1cccc(CCNC(=O)N2CCC(C(N)=O)CC2)c1. The molecule has 3 N–H and O–H groups in total. The van der Waals surface area contributed by atoms with E-state index in [0.717, 1.165) is 17.7 Å². The molecule has 0 aliphatic carbocycles. The van der Waals surface area contributed by atoms with E-state index < -0.39 is 0 Å². The Labute approximate surface area is 130 Å². The van der Waals surface area contributed by atoms with Crippen LogP contribution in [0.5, 0.6) is 5.75 Å². The molecule has 0 radical (unpaired) electrons. The number of nitrogens with one attached hydrogen (secondary N) is 1. The lowest BCUT2D eigenvalue weighted by Crippen LogP contribution is -2.46. The molecule has 1 saturated heterocycles. The number of benzene rings is 1. The largest absolute Gasteiger partial charge is 0.497 e. The van der Waals surface area contributed by atoms with Crippen LogP contribution in [-0.2, 0) is 11.2 Å². The molecular formula is C16H23N3O3. The van der Waals surface area contributed by atoms with Gasteiger partial charge in [0.25, 0.3) is 0 Å². The van der Waals surface area contributed by atoms with E-state index in [1.807, 2.05) is 24.3 Å². The summed E-state index contributed by atoms with van der Waals surface area (Å²) in [6.07, 6.45) is 2.05. The first-order valence-electron chi connectivity index (χ1n) is 7.55. The summed E-state index contributed by atoms with van der Waals surface area (Å²) in [4.78, 5) is 24.9. The summed E-state index contributed by atoms with van der Waals surface area (Å²) in [6, 6.07) is 7.72. The maximum atomic E-state index is 12.1. The van der Waals surface area contributed by atoms with Crippen LogP contribution >= 0.6 is 0 Å². The van der Waals surface area contributed by atoms with Crippen molar-refractivity contribution in [2.24, 2.45) is 11.7 Å². The number of carbonyl (C=O) groups excluding carboxylic acids is 2. The van der Waals surface area contributed by atoms with Gasteiger partial charge in [-0.2, -0.15) is 0 Å². The summed E-state index contributed by atoms with van der Waals surface area (Å²) in [5, 5.41) is 2.91. The number of nitrogens with two attached hydrogens (primary N) is 1. The third kappa shape index (κ3) is 4.38. The Kier molecular flexibility index (Phi) is 5.63. The zero-order chi connectivity index (χ0) is 15.9. The third-order valence-electron chi connectivity index (χ3n) is 4.01. The Morgan fingerprint density at radius 2 is 2.09 bits per heavy atom. The molecule has 6 heteroatoms. The number of likely N-dealkylation sites (tertiary alicyclic amines) is 1. The van der Waals surface area contributed by atoms with Gasteiger partial charge >= 0.3 is 6.03 Å². The minimum Gasteiger partial charge on any atom is -0.497 e. The normalized spacial score (nSPS) is 15.4. The number of primary amides is 1. The smallest absolute Gasteiger partial charge is 0.317 e. The van der Waals surface area contributed by atoms with Gasteiger partial charge in [0.05, 0.1) is 7.11 Å². The van der Waals surface area contributed by atoms with Crippen molar-refractivity contribution in [2.45, 2.75) is 19.3 Å². The Bertz CT molecular complexity index is 525. The van der Waals surface area contributed by atoms with E-state index in [1.54, 1.807) is 12.0 Å². The number of hydrogen-bond donors (Lipinski definition) is 2. The standard InChI is InChI=1S/C16H23N3O3/c1-22-14-4-2-3-12(11-14)5-8-18-16(21)19-9-6-13(7-10-19)15(17)20/h2-4,11,13H,5-10H2,1H3,(H2,17,20)(H,18,21). The maximum Gasteiger partial charge on any atom is 0.317 e. The zero-order valence-corrected chi connectivity index (χ0v) is 12.9. The molecule has 0 atom stereocenters. The van der Waals surface area contributed by atoms with Crippen molar-refractivity contribution in [2.75, 3.05) is 26.7 Å². The Hall–Kier alpha value is -2.24. The second-order valence-corrected chi connectivity index (χ2v) is 5.50. The number of hydrogen-bond acceptors (Lipinski definition) is 3. The quantitative estimate of drug-likeness (QED) is 0.855. The minimum atomic E-state index is -0.266. The monoisotopic (exact) mass is 305 g/mol. The Balaban J connectivity index is 1.73. The lowest BCUT2D eigenvalue weighted by molar-refractivity contribution is -0.123. The van der Waals surface area contributed by atoms with E-state index in [-0.39, 0.29) is 17.9 Å². The van der Waals surface area contributed by atoms with E-state index in [4.69, 9.17) is 10.5 Å². The molecule has 0 bridgehead atoms. The summed E-state index contributed by atoms with van der Waals surface area (Å²) in [5.74, 6) is 0.455. The van der Waals surface area contributed by atoms with Gasteiger partial charge in [0.2, 0.25) is 5.91 Å². The number of nitrogens with zero attached hydrogens (tertiary/aromatic N) is 1. The van der Waals surface area contributed by atoms with Gasteiger partial charge in [-0.25, -0.2) is 4.79 Å². The Morgan fingerprint density at radius 1 is 1.36 bits per heavy atom. The molecule has 0 unspecified atom stereocenters. The van der Waals surface area contributed by atoms with Gasteiger partial charge in [-0.1, -0.05) is 12.1 Å². The fourth-order valence-corrected chi connectivity index (χ4v) is 2.62. The number of carbonyl (C=O) groups is 2. The zero-order valence-electron chi connectivity index (χ0n) is 12.9. The van der Waals surface area contributed by atoms with E-state index in [1.165, 1.54) is 0 Å². The molecule has 6 nitrogen and oxygen atoms in total. The lowest BCUT2D eigenvalue weighted by atomic mass is 9.96. The molecule has 1 aliphatic rings. The molecule has 2 rings (SSSR count). The van der Waals surface area contributed by atoms with Crippen LogP contribution in [-0.4, -0.2) is 43.6 Å². The molecule has 1 heterocycles. The first-order chi connectivity index (χ1) is 10.6. The summed E-state index contributed by atoms with van der Waals surface area (Å²) < 4.78 is 5.17. The predicted molar refractivity (Wildman–Crippen MR) is 83.6 cm³/mol. The molecule has 1 aromatic carbocycles. The highest BCUT2D eigenvalue weighted by atomic mass is 16.5. The van der Waals surface area contributed by atoms with Crippen LogP contribution in [0.25, 0.3) is 0 Å². The van der Waals surface area contributed by atoms with Crippen LogP contribution in [0.2, 0.25) is 0 Å². The average molecular weight is 305 g/mol. The number of urea groups is 1. The number of rotatable bonds is 5. The van der Waals surface area contributed by atoms with Crippen LogP contribution in [0.1, 0.15) is 18.4 Å². The van der Waals surface area contributed by atoms with Crippen LogP contribution in [0.4, 0.5) is 4.79 Å². The molecule has 1 aromatic rings. The Morgan fingerprint density at radius 3 is 2.73 bits per heavy atom. The van der Waals surface area contributed by atoms with Crippen molar-refractivity contribution >= 4 is 11.9 Å². The average Bonchev–Trinajstić information content (AvgIpc) is 2.55. The first kappa shape index (κ1) is 16.1. The van der Waals surface area contributed by atoms with E-state index in [9.17, 15) is 9.59 Å².